The van der Waals surface area contributed by atoms with Crippen molar-refractivity contribution in [3.8, 4) is 0 Å². The smallest absolute Gasteiger partial charge is 0.254 e. The number of rotatable bonds is 3. The van der Waals surface area contributed by atoms with Crippen molar-refractivity contribution >= 4 is 11.6 Å². The normalized spacial score (nSPS) is 10.1. The van der Waals surface area contributed by atoms with Gasteiger partial charge in [-0.05, 0) is 24.3 Å². The van der Waals surface area contributed by atoms with Crippen LogP contribution in [0.25, 0.3) is 0 Å². The van der Waals surface area contributed by atoms with E-state index in [-0.39, 0.29) is 17.8 Å². The standard InChI is InChI=1S/C12H11FN4O/c13-11-5-8(14)1-2-10(11)12(18)16-6-9-3-4-15-7-17-9/h1-5,7H,6,14H2,(H,16,18). The lowest BCUT2D eigenvalue weighted by atomic mass is 10.2. The minimum atomic E-state index is -0.643. The summed E-state index contributed by atoms with van der Waals surface area (Å²) in [5.41, 5.74) is 6.29. The molecule has 1 aromatic carbocycles. The zero-order valence-electron chi connectivity index (χ0n) is 9.43. The van der Waals surface area contributed by atoms with Gasteiger partial charge in [-0.1, -0.05) is 0 Å². The van der Waals surface area contributed by atoms with Gasteiger partial charge in [0.25, 0.3) is 5.91 Å². The summed E-state index contributed by atoms with van der Waals surface area (Å²) in [5, 5.41) is 2.57. The molecule has 0 fully saturated rings. The fourth-order valence-corrected chi connectivity index (χ4v) is 1.40. The second kappa shape index (κ2) is 5.22. The van der Waals surface area contributed by atoms with Crippen molar-refractivity contribution in [3.05, 3.63) is 53.9 Å². The molecule has 0 radical (unpaired) electrons. The number of halogens is 1. The maximum absolute atomic E-state index is 13.5. The van der Waals surface area contributed by atoms with Gasteiger partial charge in [0.2, 0.25) is 0 Å². The highest BCUT2D eigenvalue weighted by atomic mass is 19.1. The van der Waals surface area contributed by atoms with Crippen molar-refractivity contribution in [2.75, 3.05) is 5.73 Å². The molecule has 0 saturated carbocycles. The van der Waals surface area contributed by atoms with Crippen molar-refractivity contribution < 1.29 is 9.18 Å². The maximum atomic E-state index is 13.5. The van der Waals surface area contributed by atoms with Gasteiger partial charge >= 0.3 is 0 Å². The molecule has 2 rings (SSSR count). The van der Waals surface area contributed by atoms with Crippen LogP contribution >= 0.6 is 0 Å². The van der Waals surface area contributed by atoms with Crippen LogP contribution in [0.3, 0.4) is 0 Å². The molecule has 0 aliphatic carbocycles. The zero-order chi connectivity index (χ0) is 13.0. The van der Waals surface area contributed by atoms with Gasteiger partial charge in [-0.25, -0.2) is 14.4 Å². The number of benzene rings is 1. The van der Waals surface area contributed by atoms with Crippen molar-refractivity contribution in [1.29, 1.82) is 0 Å². The highest BCUT2D eigenvalue weighted by Crippen LogP contribution is 2.11. The Balaban J connectivity index is 2.04. The van der Waals surface area contributed by atoms with Crippen molar-refractivity contribution in [1.82, 2.24) is 15.3 Å². The zero-order valence-corrected chi connectivity index (χ0v) is 9.43. The van der Waals surface area contributed by atoms with E-state index < -0.39 is 11.7 Å². The molecule has 0 atom stereocenters. The molecule has 0 spiro atoms. The number of hydrogen-bond donors (Lipinski definition) is 2. The van der Waals surface area contributed by atoms with Gasteiger partial charge < -0.3 is 11.1 Å². The molecule has 18 heavy (non-hydrogen) atoms. The molecule has 0 aliphatic rings. The van der Waals surface area contributed by atoms with Gasteiger partial charge in [-0.3, -0.25) is 4.79 Å². The molecule has 6 heteroatoms. The molecule has 1 amide bonds. The average molecular weight is 246 g/mol. The molecule has 1 aromatic heterocycles. The highest BCUT2D eigenvalue weighted by Gasteiger charge is 2.11. The van der Waals surface area contributed by atoms with Crippen LogP contribution in [0.1, 0.15) is 16.1 Å². The van der Waals surface area contributed by atoms with E-state index in [1.165, 1.54) is 18.5 Å². The molecule has 0 saturated heterocycles. The fourth-order valence-electron chi connectivity index (χ4n) is 1.40. The van der Waals surface area contributed by atoms with Crippen LogP contribution in [0.5, 0.6) is 0 Å². The summed E-state index contributed by atoms with van der Waals surface area (Å²) >= 11 is 0. The molecule has 5 nitrogen and oxygen atoms in total. The first-order valence-electron chi connectivity index (χ1n) is 5.25. The average Bonchev–Trinajstić information content (AvgIpc) is 2.37. The number of aromatic nitrogens is 2. The SMILES string of the molecule is Nc1ccc(C(=O)NCc2ccncn2)c(F)c1. The third-order valence-corrected chi connectivity index (χ3v) is 2.31. The summed E-state index contributed by atoms with van der Waals surface area (Å²) in [6.07, 6.45) is 2.95. The molecule has 0 unspecified atom stereocenters. The summed E-state index contributed by atoms with van der Waals surface area (Å²) in [6.45, 7) is 0.213. The summed E-state index contributed by atoms with van der Waals surface area (Å²) in [5.74, 6) is -1.15. The molecule has 1 heterocycles. The number of nitrogens with one attached hydrogen (secondary N) is 1. The molecule has 3 N–H and O–H groups in total. The van der Waals surface area contributed by atoms with Gasteiger partial charge in [0.05, 0.1) is 17.8 Å². The lowest BCUT2D eigenvalue weighted by Gasteiger charge is -2.06. The van der Waals surface area contributed by atoms with E-state index >= 15 is 0 Å². The van der Waals surface area contributed by atoms with Gasteiger partial charge in [-0.2, -0.15) is 0 Å². The molecule has 2 aromatic rings. The summed E-state index contributed by atoms with van der Waals surface area (Å²) < 4.78 is 13.5. The number of nitrogen functional groups attached to an aromatic ring is 1. The van der Waals surface area contributed by atoms with Crippen LogP contribution in [0.15, 0.2) is 36.8 Å². The third kappa shape index (κ3) is 2.79. The van der Waals surface area contributed by atoms with E-state index in [0.717, 1.165) is 6.07 Å². The lowest BCUT2D eigenvalue weighted by molar-refractivity contribution is 0.0946. The van der Waals surface area contributed by atoms with Crippen LogP contribution < -0.4 is 11.1 Å². The first kappa shape index (κ1) is 12.0. The summed E-state index contributed by atoms with van der Waals surface area (Å²) in [6, 6.07) is 5.60. The number of hydrogen-bond acceptors (Lipinski definition) is 4. The summed E-state index contributed by atoms with van der Waals surface area (Å²) in [4.78, 5) is 19.4. The number of anilines is 1. The number of nitrogens with zero attached hydrogens (tertiary/aromatic N) is 2. The second-order valence-electron chi connectivity index (χ2n) is 3.62. The summed E-state index contributed by atoms with van der Waals surface area (Å²) in [7, 11) is 0. The second-order valence-corrected chi connectivity index (χ2v) is 3.62. The van der Waals surface area contributed by atoms with E-state index in [4.69, 9.17) is 5.73 Å². The predicted molar refractivity (Wildman–Crippen MR) is 64.0 cm³/mol. The van der Waals surface area contributed by atoms with Crippen LogP contribution in [-0.2, 0) is 6.54 Å². The molecule has 0 aliphatic heterocycles. The maximum Gasteiger partial charge on any atom is 0.254 e. The van der Waals surface area contributed by atoms with E-state index in [1.54, 1.807) is 12.3 Å². The first-order valence-corrected chi connectivity index (χ1v) is 5.25. The number of carbonyl (C=O) groups is 1. The van der Waals surface area contributed by atoms with Crippen LogP contribution in [0, 0.1) is 5.82 Å². The minimum absolute atomic E-state index is 0.0433. The van der Waals surface area contributed by atoms with Gasteiger partial charge in [0.1, 0.15) is 12.1 Å². The lowest BCUT2D eigenvalue weighted by Crippen LogP contribution is -2.24. The Morgan fingerprint density at radius 3 is 2.89 bits per heavy atom. The van der Waals surface area contributed by atoms with Crippen molar-refractivity contribution in [3.63, 3.8) is 0 Å². The van der Waals surface area contributed by atoms with Crippen LogP contribution in [0.2, 0.25) is 0 Å². The first-order chi connectivity index (χ1) is 8.66. The highest BCUT2D eigenvalue weighted by molar-refractivity contribution is 5.94. The van der Waals surface area contributed by atoms with E-state index in [9.17, 15) is 9.18 Å². The van der Waals surface area contributed by atoms with Crippen LogP contribution in [-0.4, -0.2) is 15.9 Å². The Morgan fingerprint density at radius 1 is 1.39 bits per heavy atom. The van der Waals surface area contributed by atoms with E-state index in [2.05, 4.69) is 15.3 Å². The Bertz CT molecular complexity index is 559. The number of carbonyl (C=O) groups excluding carboxylic acids is 1. The molecular weight excluding hydrogens is 235 g/mol. The Labute approximate surface area is 103 Å². The molecular formula is C12H11FN4O. The number of nitrogens with two attached hydrogens (primary N) is 1. The van der Waals surface area contributed by atoms with Crippen molar-refractivity contribution in [2.45, 2.75) is 6.54 Å². The fraction of sp³-hybridized carbons (Fsp3) is 0.0833. The van der Waals surface area contributed by atoms with E-state index in [1.807, 2.05) is 0 Å². The minimum Gasteiger partial charge on any atom is -0.399 e. The largest absolute Gasteiger partial charge is 0.399 e. The van der Waals surface area contributed by atoms with Crippen LogP contribution in [0.4, 0.5) is 10.1 Å². The Morgan fingerprint density at radius 2 is 2.22 bits per heavy atom. The monoisotopic (exact) mass is 246 g/mol. The third-order valence-electron chi connectivity index (χ3n) is 2.31. The topological polar surface area (TPSA) is 80.9 Å². The van der Waals surface area contributed by atoms with E-state index in [0.29, 0.717) is 5.69 Å². The molecule has 0 bridgehead atoms. The van der Waals surface area contributed by atoms with Gasteiger partial charge in [0.15, 0.2) is 0 Å². The van der Waals surface area contributed by atoms with Gasteiger partial charge in [-0.15, -0.1) is 0 Å². The quantitative estimate of drug-likeness (QED) is 0.795. The Hall–Kier alpha value is -2.50. The predicted octanol–water partition coefficient (Wildman–Crippen LogP) is 1.13. The number of amides is 1. The van der Waals surface area contributed by atoms with Crippen molar-refractivity contribution in [2.24, 2.45) is 0 Å². The van der Waals surface area contributed by atoms with Gasteiger partial charge in [0, 0.05) is 11.9 Å². The Kier molecular flexibility index (Phi) is 3.47. The molecule has 92 valence electrons.